The number of rotatable bonds is 6. The van der Waals surface area contributed by atoms with E-state index in [1.165, 1.54) is 13.8 Å². The minimum absolute atomic E-state index is 0.362. The summed E-state index contributed by atoms with van der Waals surface area (Å²) >= 11 is 0. The number of benzene rings is 4. The maximum absolute atomic E-state index is 13.0. The van der Waals surface area contributed by atoms with Gasteiger partial charge in [0, 0.05) is 0 Å². The Labute approximate surface area is 193 Å². The van der Waals surface area contributed by atoms with Gasteiger partial charge in [0.25, 0.3) is 0 Å². The monoisotopic (exact) mass is 456 g/mol. The van der Waals surface area contributed by atoms with Gasteiger partial charge in [-0.3, -0.25) is 0 Å². The van der Waals surface area contributed by atoms with E-state index in [0.717, 1.165) is 15.9 Å². The van der Waals surface area contributed by atoms with Crippen molar-refractivity contribution in [3.05, 3.63) is 115 Å². The third kappa shape index (κ3) is 3.63. The molecule has 0 aliphatic heterocycles. The van der Waals surface area contributed by atoms with E-state index >= 15 is 0 Å². The van der Waals surface area contributed by atoms with Crippen molar-refractivity contribution in [3.8, 4) is 5.75 Å². The number of ether oxygens (including phenoxy) is 1. The molecule has 0 amide bonds. The zero-order valence-corrected chi connectivity index (χ0v) is 19.4. The Kier molecular flexibility index (Phi) is 6.13. The second-order valence-corrected chi connectivity index (χ2v) is 12.0. The SMILES string of the molecule is CC(=O)Oc1ccccc1P(OC(C)=O)(c1ccccc1)(c1ccccc1)c1ccccc1. The molecule has 4 rings (SSSR count). The van der Waals surface area contributed by atoms with Crippen molar-refractivity contribution in [2.24, 2.45) is 0 Å². The summed E-state index contributed by atoms with van der Waals surface area (Å²) in [6.07, 6.45) is 0. The molecule has 5 heteroatoms. The van der Waals surface area contributed by atoms with E-state index in [1.54, 1.807) is 6.07 Å². The second-order valence-electron chi connectivity index (χ2n) is 7.69. The molecule has 0 fully saturated rings. The van der Waals surface area contributed by atoms with Crippen molar-refractivity contribution in [1.82, 2.24) is 0 Å². The molecule has 0 radical (unpaired) electrons. The number of carbonyl (C=O) groups is 2. The van der Waals surface area contributed by atoms with E-state index in [4.69, 9.17) is 9.26 Å². The fourth-order valence-corrected chi connectivity index (χ4v) is 10.3. The molecule has 0 aliphatic rings. The third-order valence-electron chi connectivity index (χ3n) is 5.64. The molecule has 0 unspecified atom stereocenters. The topological polar surface area (TPSA) is 52.6 Å². The molecule has 0 atom stereocenters. The van der Waals surface area contributed by atoms with Gasteiger partial charge in [0.15, 0.2) is 0 Å². The van der Waals surface area contributed by atoms with E-state index in [-0.39, 0.29) is 0 Å². The molecule has 4 aromatic carbocycles. The maximum atomic E-state index is 13.0. The van der Waals surface area contributed by atoms with Crippen LogP contribution in [0, 0.1) is 0 Å². The van der Waals surface area contributed by atoms with Gasteiger partial charge in [-0.2, -0.15) is 0 Å². The van der Waals surface area contributed by atoms with Crippen molar-refractivity contribution < 1.29 is 18.8 Å². The first-order valence-corrected chi connectivity index (χ1v) is 12.8. The molecule has 0 spiro atoms. The summed E-state index contributed by atoms with van der Waals surface area (Å²) in [5.41, 5.74) is 0. The van der Waals surface area contributed by atoms with Gasteiger partial charge in [-0.1, -0.05) is 0 Å². The Hall–Kier alpha value is -3.75. The van der Waals surface area contributed by atoms with Crippen LogP contribution in [0.5, 0.6) is 5.75 Å². The summed E-state index contributed by atoms with van der Waals surface area (Å²) in [6, 6.07) is 36.6. The van der Waals surface area contributed by atoms with Crippen molar-refractivity contribution in [2.45, 2.75) is 13.8 Å². The first kappa shape index (κ1) is 22.4. The standard InChI is InChI=1S/C28H25O4P/c1-22(29)31-27-20-12-13-21-28(27)33(32-23(2)30,24-14-6-3-7-15-24,25-16-8-4-9-17-25)26-18-10-5-11-19-26/h3-21H,1-2H3. The van der Waals surface area contributed by atoms with Crippen LogP contribution in [0.3, 0.4) is 0 Å². The quantitative estimate of drug-likeness (QED) is 0.247. The van der Waals surface area contributed by atoms with Gasteiger partial charge in [0.2, 0.25) is 0 Å². The third-order valence-corrected chi connectivity index (χ3v) is 11.4. The van der Waals surface area contributed by atoms with Gasteiger partial charge >= 0.3 is 194 Å². The summed E-state index contributed by atoms with van der Waals surface area (Å²) in [5.74, 6) is -0.515. The van der Waals surface area contributed by atoms with Crippen LogP contribution < -0.4 is 26.0 Å². The zero-order chi connectivity index (χ0) is 23.3. The van der Waals surface area contributed by atoms with Crippen LogP contribution in [0.1, 0.15) is 13.8 Å². The summed E-state index contributed by atoms with van der Waals surface area (Å²) in [5, 5.41) is 3.14. The molecular formula is C28H25O4P. The molecule has 0 N–H and O–H groups in total. The van der Waals surface area contributed by atoms with E-state index in [9.17, 15) is 9.59 Å². The van der Waals surface area contributed by atoms with Crippen molar-refractivity contribution in [2.75, 3.05) is 0 Å². The molecule has 4 nitrogen and oxygen atoms in total. The number of hydrogen-bond donors (Lipinski definition) is 0. The Morgan fingerprint density at radius 3 is 1.33 bits per heavy atom. The molecule has 0 aliphatic carbocycles. The number of hydrogen-bond acceptors (Lipinski definition) is 4. The van der Waals surface area contributed by atoms with Gasteiger partial charge in [-0.05, 0) is 0 Å². The van der Waals surface area contributed by atoms with E-state index in [1.807, 2.05) is 109 Å². The molecule has 0 saturated heterocycles. The predicted octanol–water partition coefficient (Wildman–Crippen LogP) is 4.25. The van der Waals surface area contributed by atoms with E-state index in [0.29, 0.717) is 11.1 Å². The fourth-order valence-electron chi connectivity index (χ4n) is 4.52. The minimum atomic E-state index is -4.18. The Morgan fingerprint density at radius 1 is 0.545 bits per heavy atom. The summed E-state index contributed by atoms with van der Waals surface area (Å²) < 4.78 is 12.4. The zero-order valence-electron chi connectivity index (χ0n) is 18.5. The molecular weight excluding hydrogens is 431 g/mol. The van der Waals surface area contributed by atoms with Gasteiger partial charge in [-0.15, -0.1) is 0 Å². The van der Waals surface area contributed by atoms with Crippen LogP contribution >= 0.6 is 6.83 Å². The van der Waals surface area contributed by atoms with Crippen LogP contribution in [-0.2, 0) is 14.1 Å². The molecule has 33 heavy (non-hydrogen) atoms. The Balaban J connectivity index is 2.33. The number of esters is 1. The second kappa shape index (κ2) is 9.01. The van der Waals surface area contributed by atoms with Crippen molar-refractivity contribution >= 4 is 40.0 Å². The first-order valence-electron chi connectivity index (χ1n) is 10.7. The molecule has 0 heterocycles. The van der Waals surface area contributed by atoms with Gasteiger partial charge < -0.3 is 0 Å². The molecule has 0 saturated carbocycles. The van der Waals surface area contributed by atoms with Crippen molar-refractivity contribution in [3.63, 3.8) is 0 Å². The average molecular weight is 456 g/mol. The number of carbonyl (C=O) groups excluding carboxylic acids is 2. The summed E-state index contributed by atoms with van der Waals surface area (Å²) in [6.45, 7) is -1.40. The average Bonchev–Trinajstić information content (AvgIpc) is 2.84. The normalized spacial score (nSPS) is 12.2. The van der Waals surface area contributed by atoms with Gasteiger partial charge in [-0.25, -0.2) is 0 Å². The summed E-state index contributed by atoms with van der Waals surface area (Å²) in [7, 11) is 0. The summed E-state index contributed by atoms with van der Waals surface area (Å²) in [4.78, 5) is 25.1. The van der Waals surface area contributed by atoms with Gasteiger partial charge in [0.1, 0.15) is 0 Å². The van der Waals surface area contributed by atoms with Crippen LogP contribution in [0.15, 0.2) is 115 Å². The van der Waals surface area contributed by atoms with Crippen LogP contribution in [0.25, 0.3) is 0 Å². The molecule has 0 bridgehead atoms. The van der Waals surface area contributed by atoms with Crippen molar-refractivity contribution in [1.29, 1.82) is 0 Å². The number of para-hydroxylation sites is 1. The van der Waals surface area contributed by atoms with Crippen LogP contribution in [0.4, 0.5) is 0 Å². The van der Waals surface area contributed by atoms with Gasteiger partial charge in [0.05, 0.1) is 0 Å². The van der Waals surface area contributed by atoms with E-state index in [2.05, 4.69) is 0 Å². The van der Waals surface area contributed by atoms with Crippen LogP contribution in [0.2, 0.25) is 0 Å². The Morgan fingerprint density at radius 2 is 0.939 bits per heavy atom. The van der Waals surface area contributed by atoms with Crippen LogP contribution in [-0.4, -0.2) is 11.9 Å². The molecule has 0 aromatic heterocycles. The Bertz CT molecular complexity index is 1170. The first-order chi connectivity index (χ1) is 16.0. The predicted molar refractivity (Wildman–Crippen MR) is 134 cm³/mol. The van der Waals surface area contributed by atoms with E-state index < -0.39 is 18.8 Å². The molecule has 166 valence electrons. The fraction of sp³-hybridized carbons (Fsp3) is 0.0714. The molecule has 4 aromatic rings.